The van der Waals surface area contributed by atoms with E-state index >= 15 is 0 Å². The lowest BCUT2D eigenvalue weighted by atomic mass is 10.2. The first-order valence-corrected chi connectivity index (χ1v) is 18.7. The summed E-state index contributed by atoms with van der Waals surface area (Å²) in [5.74, 6) is 0. The van der Waals surface area contributed by atoms with E-state index in [4.69, 9.17) is 0 Å². The Morgan fingerprint density at radius 2 is 0.941 bits per heavy atom. The second kappa shape index (κ2) is 8.70. The summed E-state index contributed by atoms with van der Waals surface area (Å²) in [4.78, 5) is 8.24. The Kier molecular flexibility index (Phi) is 6.13. The second-order valence-electron chi connectivity index (χ2n) is 7.92. The first-order valence-electron chi connectivity index (χ1n) is 10.0. The second-order valence-corrected chi connectivity index (χ2v) is 18.5. The summed E-state index contributed by atoms with van der Waals surface area (Å²) in [6, 6.07) is 9.43. The van der Waals surface area contributed by atoms with Gasteiger partial charge in [-0.15, -0.1) is 68.0 Å². The molecule has 34 heavy (non-hydrogen) atoms. The number of hydrogen-bond acceptors (Lipinski definition) is 6. The highest BCUT2D eigenvalue weighted by atomic mass is 127. The van der Waals surface area contributed by atoms with Crippen LogP contribution >= 0.6 is 145 Å². The number of rotatable bonds is 2. The van der Waals surface area contributed by atoms with Crippen LogP contribution in [-0.2, 0) is 0 Å². The van der Waals surface area contributed by atoms with Crippen molar-refractivity contribution in [2.75, 3.05) is 0 Å². The molecule has 0 bridgehead atoms. The molecule has 6 aromatic heterocycles. The Morgan fingerprint density at radius 3 is 1.29 bits per heavy atom. The van der Waals surface area contributed by atoms with Crippen LogP contribution < -0.4 is 0 Å². The fourth-order valence-electron chi connectivity index (χ4n) is 4.20. The average Bonchev–Trinajstić information content (AvgIpc) is 3.59. The Labute approximate surface area is 263 Å². The number of thiophene rings is 6. The molecule has 0 atom stereocenters. The summed E-state index contributed by atoms with van der Waals surface area (Å²) in [6.07, 6.45) is 0. The molecule has 0 radical (unpaired) electrons. The number of benzene rings is 1. The van der Waals surface area contributed by atoms with Crippen molar-refractivity contribution in [1.29, 1.82) is 0 Å². The highest BCUT2D eigenvalue weighted by Crippen LogP contribution is 2.55. The molecule has 1 aromatic carbocycles. The maximum absolute atomic E-state index is 3.97. The standard InChI is InChI=1S/C24H10Br2I2S6/c1-7-3-11(27)19(29-7)23-15(25)21-17(33-23)9-5-14-10(6-13(9)31-21)18-22(32-14)16(26)24(34-18)20-12(28)4-8(2)30-20/h3-6H,1-2H3. The van der Waals surface area contributed by atoms with Crippen LogP contribution in [0.5, 0.6) is 0 Å². The van der Waals surface area contributed by atoms with Crippen molar-refractivity contribution >= 4 is 184 Å². The molecule has 6 heterocycles. The zero-order chi connectivity index (χ0) is 23.5. The smallest absolute Gasteiger partial charge is 0.0617 e. The van der Waals surface area contributed by atoms with Gasteiger partial charge in [-0.05, 0) is 115 Å². The van der Waals surface area contributed by atoms with E-state index in [1.54, 1.807) is 0 Å². The van der Waals surface area contributed by atoms with Gasteiger partial charge in [0.15, 0.2) is 0 Å². The molecule has 7 rings (SSSR count). The summed E-state index contributed by atoms with van der Waals surface area (Å²) in [7, 11) is 0. The number of aryl methyl sites for hydroxylation is 2. The van der Waals surface area contributed by atoms with Gasteiger partial charge >= 0.3 is 0 Å². The lowest BCUT2D eigenvalue weighted by molar-refractivity contribution is 1.62. The molecule has 0 aliphatic rings. The van der Waals surface area contributed by atoms with Crippen molar-refractivity contribution in [3.8, 4) is 19.5 Å². The van der Waals surface area contributed by atoms with Crippen LogP contribution in [0.2, 0.25) is 0 Å². The van der Waals surface area contributed by atoms with Crippen LogP contribution in [0.4, 0.5) is 0 Å². The molecule has 7 aromatic rings. The van der Waals surface area contributed by atoms with Gasteiger partial charge in [-0.2, -0.15) is 0 Å². The molecular weight excluding hydrogens is 894 g/mol. The largest absolute Gasteiger partial charge is 0.139 e. The SMILES string of the molecule is Cc1cc(I)c(-c2sc3c(sc4cc5c(cc43)sc3c(Br)c(-c4sc(C)cc4I)sc35)c2Br)s1. The molecule has 0 amide bonds. The van der Waals surface area contributed by atoms with Crippen molar-refractivity contribution < 1.29 is 0 Å². The van der Waals surface area contributed by atoms with Crippen LogP contribution in [0.1, 0.15) is 9.75 Å². The van der Waals surface area contributed by atoms with Gasteiger partial charge in [-0.1, -0.05) is 0 Å². The zero-order valence-electron chi connectivity index (χ0n) is 17.3. The van der Waals surface area contributed by atoms with E-state index in [1.165, 1.54) is 84.3 Å². The molecule has 0 saturated carbocycles. The maximum Gasteiger partial charge on any atom is 0.0617 e. The normalized spacial score (nSPS) is 12.4. The Bertz CT molecular complexity index is 1800. The van der Waals surface area contributed by atoms with Crippen LogP contribution in [0.25, 0.3) is 58.5 Å². The number of halogens is 4. The monoisotopic (exact) mass is 902 g/mol. The van der Waals surface area contributed by atoms with E-state index < -0.39 is 0 Å². The van der Waals surface area contributed by atoms with Crippen LogP contribution in [-0.4, -0.2) is 0 Å². The fourth-order valence-corrected chi connectivity index (χ4v) is 16.6. The highest BCUT2D eigenvalue weighted by molar-refractivity contribution is 14.1. The Morgan fingerprint density at radius 1 is 0.529 bits per heavy atom. The van der Waals surface area contributed by atoms with Crippen molar-refractivity contribution in [2.24, 2.45) is 0 Å². The molecule has 10 heteroatoms. The first kappa shape index (κ1) is 24.0. The van der Waals surface area contributed by atoms with Crippen molar-refractivity contribution in [3.05, 3.63) is 50.1 Å². The molecule has 0 aliphatic carbocycles. The predicted octanol–water partition coefficient (Wildman–Crippen LogP) is 13.4. The highest BCUT2D eigenvalue weighted by Gasteiger charge is 2.23. The van der Waals surface area contributed by atoms with Crippen molar-refractivity contribution in [2.45, 2.75) is 13.8 Å². The third-order valence-corrected chi connectivity index (χ3v) is 18.2. The molecule has 0 aliphatic heterocycles. The average molecular weight is 904 g/mol. The summed E-state index contributed by atoms with van der Waals surface area (Å²) < 4.78 is 13.5. The Hall–Kier alpha value is 0.880. The van der Waals surface area contributed by atoms with E-state index in [9.17, 15) is 0 Å². The van der Waals surface area contributed by atoms with Crippen LogP contribution in [0, 0.1) is 21.0 Å². The molecule has 0 fully saturated rings. The predicted molar refractivity (Wildman–Crippen MR) is 185 cm³/mol. The molecule has 0 N–H and O–H groups in total. The van der Waals surface area contributed by atoms with Crippen molar-refractivity contribution in [3.63, 3.8) is 0 Å². The molecule has 0 saturated heterocycles. The summed E-state index contributed by atoms with van der Waals surface area (Å²) >= 11 is 24.4. The summed E-state index contributed by atoms with van der Waals surface area (Å²) in [6.45, 7) is 4.39. The van der Waals surface area contributed by atoms with Crippen LogP contribution in [0.15, 0.2) is 33.2 Å². The van der Waals surface area contributed by atoms with E-state index in [1.807, 2.05) is 68.0 Å². The van der Waals surface area contributed by atoms with E-state index in [2.05, 4.69) is 115 Å². The minimum atomic E-state index is 1.26. The zero-order valence-corrected chi connectivity index (χ0v) is 29.7. The van der Waals surface area contributed by atoms with Gasteiger partial charge < -0.3 is 0 Å². The lowest BCUT2D eigenvalue weighted by Crippen LogP contribution is -1.69. The lowest BCUT2D eigenvalue weighted by Gasteiger charge is -1.97. The van der Waals surface area contributed by atoms with E-state index in [0.717, 1.165) is 0 Å². The minimum Gasteiger partial charge on any atom is -0.139 e. The van der Waals surface area contributed by atoms with Crippen molar-refractivity contribution in [1.82, 2.24) is 0 Å². The van der Waals surface area contributed by atoms with E-state index in [-0.39, 0.29) is 0 Å². The molecule has 0 spiro atoms. The third kappa shape index (κ3) is 3.56. The van der Waals surface area contributed by atoms with Gasteiger partial charge in [0.25, 0.3) is 0 Å². The maximum atomic E-state index is 3.97. The first-order chi connectivity index (χ1) is 16.3. The van der Waals surface area contributed by atoms with Gasteiger partial charge in [0.1, 0.15) is 0 Å². The van der Waals surface area contributed by atoms with Gasteiger partial charge in [0.05, 0.1) is 47.3 Å². The summed E-state index contributed by atoms with van der Waals surface area (Å²) in [5, 5.41) is 2.78. The quantitative estimate of drug-likeness (QED) is 0.152. The number of fused-ring (bicyclic) bond motifs is 6. The van der Waals surface area contributed by atoms with Gasteiger partial charge in [0, 0.05) is 37.1 Å². The topological polar surface area (TPSA) is 0 Å². The molecule has 0 unspecified atom stereocenters. The van der Waals surface area contributed by atoms with E-state index in [0.29, 0.717) is 0 Å². The minimum absolute atomic E-state index is 1.26. The molecular formula is C24H10Br2I2S6. The molecule has 170 valence electrons. The van der Waals surface area contributed by atoms with Gasteiger partial charge in [-0.25, -0.2) is 0 Å². The van der Waals surface area contributed by atoms with Crippen LogP contribution in [0.3, 0.4) is 0 Å². The fraction of sp³-hybridized carbons (Fsp3) is 0.0833. The number of hydrogen-bond donors (Lipinski definition) is 0. The third-order valence-electron chi connectivity index (χ3n) is 5.65. The van der Waals surface area contributed by atoms with Gasteiger partial charge in [0.2, 0.25) is 0 Å². The summed E-state index contributed by atoms with van der Waals surface area (Å²) in [5.41, 5.74) is 0. The Balaban J connectivity index is 1.46. The molecule has 0 nitrogen and oxygen atoms in total. The van der Waals surface area contributed by atoms with Gasteiger partial charge in [-0.3, -0.25) is 0 Å².